The number of carboxylic acid groups (broad SMARTS) is 1. The van der Waals surface area contributed by atoms with Crippen molar-refractivity contribution in [2.75, 3.05) is 20.2 Å². The maximum atomic E-state index is 13.0. The number of aliphatic carboxylic acids is 1. The topological polar surface area (TPSA) is 95.5 Å². The third kappa shape index (κ3) is 2.94. The molecule has 1 aromatic heterocycles. The minimum absolute atomic E-state index is 0.0526. The van der Waals surface area contributed by atoms with Crippen LogP contribution in [0.5, 0.6) is 5.75 Å². The van der Waals surface area contributed by atoms with Crippen molar-refractivity contribution in [3.63, 3.8) is 0 Å². The molecule has 2 aromatic rings. The van der Waals surface area contributed by atoms with Gasteiger partial charge >= 0.3 is 5.97 Å². The third-order valence-corrected chi connectivity index (χ3v) is 5.37. The number of amides is 1. The molecule has 1 aromatic carbocycles. The molecule has 2 N–H and O–H groups in total. The number of ether oxygens (including phenoxy) is 1. The van der Waals surface area contributed by atoms with Gasteiger partial charge in [-0.3, -0.25) is 14.7 Å². The van der Waals surface area contributed by atoms with Crippen LogP contribution in [0.25, 0.3) is 11.3 Å². The zero-order valence-electron chi connectivity index (χ0n) is 15.2. The molecule has 138 valence electrons. The Hall–Kier alpha value is -2.83. The van der Waals surface area contributed by atoms with Gasteiger partial charge in [-0.1, -0.05) is 13.8 Å². The van der Waals surface area contributed by atoms with E-state index in [2.05, 4.69) is 10.2 Å². The maximum Gasteiger partial charge on any atom is 0.311 e. The molecule has 7 nitrogen and oxygen atoms in total. The molecule has 0 radical (unpaired) electrons. The molecule has 1 amide bonds. The Kier molecular flexibility index (Phi) is 4.71. The summed E-state index contributed by atoms with van der Waals surface area (Å²) in [6.45, 7) is 4.42. The highest BCUT2D eigenvalue weighted by atomic mass is 16.5. The van der Waals surface area contributed by atoms with Crippen LogP contribution < -0.4 is 4.74 Å². The van der Waals surface area contributed by atoms with Crippen molar-refractivity contribution in [1.82, 2.24) is 15.1 Å². The van der Waals surface area contributed by atoms with E-state index in [1.165, 1.54) is 6.20 Å². The number of aromatic amines is 1. The van der Waals surface area contributed by atoms with Crippen LogP contribution in [0, 0.1) is 11.3 Å². The number of likely N-dealkylation sites (tertiary alicyclic amines) is 1. The first-order chi connectivity index (χ1) is 12.4. The van der Waals surface area contributed by atoms with E-state index in [1.54, 1.807) is 12.0 Å². The molecule has 1 atom stereocenters. The van der Waals surface area contributed by atoms with Gasteiger partial charge in [0.2, 0.25) is 0 Å². The van der Waals surface area contributed by atoms with E-state index in [0.717, 1.165) is 11.3 Å². The van der Waals surface area contributed by atoms with E-state index in [4.69, 9.17) is 4.74 Å². The molecule has 3 rings (SSSR count). The van der Waals surface area contributed by atoms with E-state index in [0.29, 0.717) is 24.2 Å². The number of carbonyl (C=O) groups excluding carboxylic acids is 1. The van der Waals surface area contributed by atoms with Gasteiger partial charge in [0, 0.05) is 18.7 Å². The first-order valence-electron chi connectivity index (χ1n) is 8.59. The molecule has 1 unspecified atom stereocenters. The van der Waals surface area contributed by atoms with Crippen molar-refractivity contribution < 1.29 is 19.4 Å². The monoisotopic (exact) mass is 357 g/mol. The molecule has 1 aliphatic rings. The van der Waals surface area contributed by atoms with Gasteiger partial charge < -0.3 is 14.7 Å². The van der Waals surface area contributed by atoms with Crippen molar-refractivity contribution in [1.29, 1.82) is 0 Å². The molecule has 26 heavy (non-hydrogen) atoms. The quantitative estimate of drug-likeness (QED) is 0.858. The molecule has 0 aliphatic carbocycles. The van der Waals surface area contributed by atoms with Crippen molar-refractivity contribution in [3.05, 3.63) is 36.0 Å². The van der Waals surface area contributed by atoms with Crippen LogP contribution in [0.15, 0.2) is 30.5 Å². The molecule has 0 saturated carbocycles. The van der Waals surface area contributed by atoms with Crippen LogP contribution in [0.1, 0.15) is 30.6 Å². The lowest BCUT2D eigenvalue weighted by molar-refractivity contribution is -0.150. The number of H-pyrrole nitrogens is 1. The summed E-state index contributed by atoms with van der Waals surface area (Å²) < 4.78 is 5.16. The van der Waals surface area contributed by atoms with Gasteiger partial charge in [-0.15, -0.1) is 0 Å². The predicted octanol–water partition coefficient (Wildman–Crippen LogP) is 2.66. The second-order valence-corrected chi connectivity index (χ2v) is 6.98. The number of rotatable bonds is 5. The average molecular weight is 357 g/mol. The summed E-state index contributed by atoms with van der Waals surface area (Å²) in [5, 5.41) is 16.6. The molecule has 2 heterocycles. The lowest BCUT2D eigenvalue weighted by Crippen LogP contribution is -2.40. The summed E-state index contributed by atoms with van der Waals surface area (Å²) >= 11 is 0. The Morgan fingerprint density at radius 3 is 2.54 bits per heavy atom. The second-order valence-electron chi connectivity index (χ2n) is 6.98. The number of nitrogens with one attached hydrogen (secondary N) is 1. The van der Waals surface area contributed by atoms with Gasteiger partial charge in [-0.05, 0) is 36.6 Å². The number of aromatic nitrogens is 2. The Morgan fingerprint density at radius 1 is 1.31 bits per heavy atom. The fraction of sp³-hybridized carbons (Fsp3) is 0.421. The SMILES string of the molecule is COc1ccc(-c2[nH]ncc2C(=O)N2CCC(C(=O)O)(C(C)C)C2)cc1. The van der Waals surface area contributed by atoms with E-state index in [9.17, 15) is 14.7 Å². The van der Waals surface area contributed by atoms with E-state index < -0.39 is 11.4 Å². The van der Waals surface area contributed by atoms with Crippen LogP contribution in [0.3, 0.4) is 0 Å². The van der Waals surface area contributed by atoms with Crippen molar-refractivity contribution in [2.24, 2.45) is 11.3 Å². The smallest absolute Gasteiger partial charge is 0.311 e. The molecule has 1 fully saturated rings. The highest BCUT2D eigenvalue weighted by molar-refractivity contribution is 6.00. The zero-order valence-corrected chi connectivity index (χ0v) is 15.2. The third-order valence-electron chi connectivity index (χ3n) is 5.37. The highest BCUT2D eigenvalue weighted by Crippen LogP contribution is 2.39. The maximum absolute atomic E-state index is 13.0. The van der Waals surface area contributed by atoms with Crippen LogP contribution >= 0.6 is 0 Å². The molecule has 0 bridgehead atoms. The van der Waals surface area contributed by atoms with Crippen LogP contribution in [-0.2, 0) is 4.79 Å². The van der Waals surface area contributed by atoms with Crippen LogP contribution in [0.4, 0.5) is 0 Å². The van der Waals surface area contributed by atoms with Crippen molar-refractivity contribution in [3.8, 4) is 17.0 Å². The van der Waals surface area contributed by atoms with E-state index in [1.807, 2.05) is 38.1 Å². The normalized spacial score (nSPS) is 19.8. The standard InChI is InChI=1S/C19H23N3O4/c1-12(2)19(18(24)25)8-9-22(11-19)17(23)15-10-20-21-16(15)13-4-6-14(26-3)7-5-13/h4-7,10,12H,8-9,11H2,1-3H3,(H,20,21)(H,24,25). The van der Waals surface area contributed by atoms with Gasteiger partial charge in [0.15, 0.2) is 0 Å². The van der Waals surface area contributed by atoms with Gasteiger partial charge in [0.05, 0.1) is 30.0 Å². The fourth-order valence-corrected chi connectivity index (χ4v) is 3.50. The first kappa shape index (κ1) is 18.0. The van der Waals surface area contributed by atoms with Crippen LogP contribution in [0.2, 0.25) is 0 Å². The molecule has 1 saturated heterocycles. The number of hydrogen-bond acceptors (Lipinski definition) is 4. The Morgan fingerprint density at radius 2 is 2.00 bits per heavy atom. The summed E-state index contributed by atoms with van der Waals surface area (Å²) in [6, 6.07) is 7.33. The van der Waals surface area contributed by atoms with Crippen LogP contribution in [-0.4, -0.2) is 52.3 Å². The average Bonchev–Trinajstić information content (AvgIpc) is 3.29. The molecule has 1 aliphatic heterocycles. The van der Waals surface area contributed by atoms with Gasteiger partial charge in [-0.2, -0.15) is 5.10 Å². The highest BCUT2D eigenvalue weighted by Gasteiger charge is 2.48. The van der Waals surface area contributed by atoms with Gasteiger partial charge in [0.25, 0.3) is 5.91 Å². The number of carbonyl (C=O) groups is 2. The lowest BCUT2D eigenvalue weighted by atomic mass is 9.76. The van der Waals surface area contributed by atoms with Crippen molar-refractivity contribution in [2.45, 2.75) is 20.3 Å². The number of nitrogens with zero attached hydrogens (tertiary/aromatic N) is 2. The largest absolute Gasteiger partial charge is 0.497 e. The van der Waals surface area contributed by atoms with Gasteiger partial charge in [-0.25, -0.2) is 0 Å². The Labute approximate surface area is 152 Å². The zero-order chi connectivity index (χ0) is 18.9. The molecule has 0 spiro atoms. The molecule has 7 heteroatoms. The Balaban J connectivity index is 1.86. The summed E-state index contributed by atoms with van der Waals surface area (Å²) in [6.07, 6.45) is 1.96. The fourth-order valence-electron chi connectivity index (χ4n) is 3.50. The summed E-state index contributed by atoms with van der Waals surface area (Å²) in [4.78, 5) is 26.4. The summed E-state index contributed by atoms with van der Waals surface area (Å²) in [5.41, 5.74) is 0.994. The number of methoxy groups -OCH3 is 1. The minimum Gasteiger partial charge on any atom is -0.497 e. The van der Waals surface area contributed by atoms with Gasteiger partial charge in [0.1, 0.15) is 5.75 Å². The molecular formula is C19H23N3O4. The number of carboxylic acids is 1. The summed E-state index contributed by atoms with van der Waals surface area (Å²) in [7, 11) is 1.59. The lowest BCUT2D eigenvalue weighted by Gasteiger charge is -2.28. The van der Waals surface area contributed by atoms with Crippen molar-refractivity contribution >= 4 is 11.9 Å². The Bertz CT molecular complexity index is 812. The first-order valence-corrected chi connectivity index (χ1v) is 8.59. The van der Waals surface area contributed by atoms with E-state index >= 15 is 0 Å². The number of benzene rings is 1. The minimum atomic E-state index is -0.889. The second kappa shape index (κ2) is 6.82. The molecular weight excluding hydrogens is 334 g/mol. The van der Waals surface area contributed by atoms with E-state index in [-0.39, 0.29) is 18.4 Å². The summed E-state index contributed by atoms with van der Waals surface area (Å²) in [5.74, 6) is -0.370. The predicted molar refractivity (Wildman–Crippen MR) is 96.0 cm³/mol. The number of hydrogen-bond donors (Lipinski definition) is 2.